The second-order valence-electron chi connectivity index (χ2n) is 6.09. The van der Waals surface area contributed by atoms with Crippen LogP contribution < -0.4 is 5.32 Å². The summed E-state index contributed by atoms with van der Waals surface area (Å²) in [5, 5.41) is 3.52. The van der Waals surface area contributed by atoms with Gasteiger partial charge in [0.05, 0.1) is 4.47 Å². The van der Waals surface area contributed by atoms with E-state index in [9.17, 15) is 8.78 Å². The van der Waals surface area contributed by atoms with Crippen LogP contribution in [0.3, 0.4) is 0 Å². The Labute approximate surface area is 127 Å². The molecule has 0 bridgehead atoms. The highest BCUT2D eigenvalue weighted by Gasteiger charge is 2.32. The zero-order chi connectivity index (χ0) is 14.1. The van der Waals surface area contributed by atoms with Gasteiger partial charge in [0, 0.05) is 11.6 Å². The molecule has 4 heteroatoms. The third kappa shape index (κ3) is 3.06. The van der Waals surface area contributed by atoms with Crippen molar-refractivity contribution in [3.63, 3.8) is 0 Å². The smallest absolute Gasteiger partial charge is 0.143 e. The van der Waals surface area contributed by atoms with Crippen LogP contribution in [0.2, 0.25) is 0 Å². The van der Waals surface area contributed by atoms with E-state index in [-0.39, 0.29) is 5.92 Å². The lowest BCUT2D eigenvalue weighted by atomic mass is 9.75. The normalized spacial score (nSPS) is 26.8. The minimum Gasteiger partial charge on any atom is -0.314 e. The van der Waals surface area contributed by atoms with Gasteiger partial charge in [-0.3, -0.25) is 0 Å². The van der Waals surface area contributed by atoms with E-state index in [4.69, 9.17) is 0 Å². The van der Waals surface area contributed by atoms with Gasteiger partial charge in [-0.1, -0.05) is 12.8 Å². The number of hydrogen-bond donors (Lipinski definition) is 1. The van der Waals surface area contributed by atoms with Crippen molar-refractivity contribution in [1.29, 1.82) is 0 Å². The van der Waals surface area contributed by atoms with Gasteiger partial charge >= 0.3 is 0 Å². The Balaban J connectivity index is 1.82. The summed E-state index contributed by atoms with van der Waals surface area (Å²) in [6, 6.07) is 3.48. The quantitative estimate of drug-likeness (QED) is 0.777. The van der Waals surface area contributed by atoms with Crippen molar-refractivity contribution in [2.75, 3.05) is 6.54 Å². The first kappa shape index (κ1) is 14.5. The summed E-state index contributed by atoms with van der Waals surface area (Å²) in [5.74, 6) is -0.447. The molecule has 110 valence electrons. The van der Waals surface area contributed by atoms with Crippen molar-refractivity contribution in [2.45, 2.75) is 50.5 Å². The molecule has 2 fully saturated rings. The predicted molar refractivity (Wildman–Crippen MR) is 79.8 cm³/mol. The van der Waals surface area contributed by atoms with Gasteiger partial charge in [-0.05, 0) is 72.1 Å². The Morgan fingerprint density at radius 1 is 1.10 bits per heavy atom. The summed E-state index contributed by atoms with van der Waals surface area (Å²) in [7, 11) is 0. The molecule has 2 saturated carbocycles. The zero-order valence-electron chi connectivity index (χ0n) is 11.5. The van der Waals surface area contributed by atoms with Gasteiger partial charge in [0.25, 0.3) is 0 Å². The minimum atomic E-state index is -0.409. The first-order valence-electron chi connectivity index (χ1n) is 7.53. The monoisotopic (exact) mass is 343 g/mol. The summed E-state index contributed by atoms with van der Waals surface area (Å²) in [6.45, 7) is 0.890. The Kier molecular flexibility index (Phi) is 4.41. The summed E-state index contributed by atoms with van der Waals surface area (Å²) in [4.78, 5) is 0. The van der Waals surface area contributed by atoms with Crippen LogP contribution in [-0.4, -0.2) is 12.6 Å². The number of rotatable bonds is 4. The Hall–Kier alpha value is -0.480. The minimum absolute atomic E-state index is 0.00694. The van der Waals surface area contributed by atoms with Crippen molar-refractivity contribution in [3.8, 4) is 0 Å². The fourth-order valence-electron chi connectivity index (χ4n) is 3.32. The summed E-state index contributed by atoms with van der Waals surface area (Å²) in [5.41, 5.74) is 0.293. The van der Waals surface area contributed by atoms with Crippen LogP contribution in [-0.2, 0) is 0 Å². The van der Waals surface area contributed by atoms with Crippen LogP contribution in [0.1, 0.15) is 50.0 Å². The standard InChI is InChI=1S/C16H20BrF2N/c17-13-7-8-14(18)15(16(13)19)12-4-2-1-3-10(12)9-20-11-5-6-11/h7-8,10-12,20H,1-6,9H2. The van der Waals surface area contributed by atoms with Gasteiger partial charge in [0.15, 0.2) is 0 Å². The molecule has 0 heterocycles. The molecule has 1 nitrogen and oxygen atoms in total. The molecule has 20 heavy (non-hydrogen) atoms. The van der Waals surface area contributed by atoms with Gasteiger partial charge in [0.1, 0.15) is 11.6 Å². The fraction of sp³-hybridized carbons (Fsp3) is 0.625. The molecular formula is C16H20BrF2N. The molecule has 1 aromatic carbocycles. The highest BCUT2D eigenvalue weighted by Crippen LogP contribution is 2.41. The summed E-state index contributed by atoms with van der Waals surface area (Å²) < 4.78 is 28.8. The molecule has 2 aliphatic rings. The molecule has 0 aliphatic heterocycles. The van der Waals surface area contributed by atoms with Crippen LogP contribution in [0.5, 0.6) is 0 Å². The number of benzene rings is 1. The lowest BCUT2D eigenvalue weighted by Gasteiger charge is -2.32. The zero-order valence-corrected chi connectivity index (χ0v) is 13.1. The lowest BCUT2D eigenvalue weighted by Crippen LogP contribution is -2.31. The Bertz CT molecular complexity index is 488. The topological polar surface area (TPSA) is 12.0 Å². The van der Waals surface area contributed by atoms with E-state index in [0.717, 1.165) is 25.8 Å². The molecule has 2 unspecified atom stereocenters. The van der Waals surface area contributed by atoms with E-state index < -0.39 is 11.6 Å². The van der Waals surface area contributed by atoms with E-state index in [2.05, 4.69) is 21.2 Å². The van der Waals surface area contributed by atoms with Gasteiger partial charge < -0.3 is 5.32 Å². The molecule has 0 saturated heterocycles. The van der Waals surface area contributed by atoms with E-state index in [0.29, 0.717) is 22.0 Å². The maximum atomic E-state index is 14.3. The molecule has 2 aliphatic carbocycles. The largest absolute Gasteiger partial charge is 0.314 e. The highest BCUT2D eigenvalue weighted by atomic mass is 79.9. The van der Waals surface area contributed by atoms with E-state index in [1.807, 2.05) is 0 Å². The van der Waals surface area contributed by atoms with Crippen molar-refractivity contribution in [3.05, 3.63) is 33.8 Å². The third-order valence-corrected chi connectivity index (χ3v) is 5.22. The van der Waals surface area contributed by atoms with Gasteiger partial charge in [-0.2, -0.15) is 0 Å². The second kappa shape index (κ2) is 6.10. The number of hydrogen-bond acceptors (Lipinski definition) is 1. The van der Waals surface area contributed by atoms with Crippen LogP contribution >= 0.6 is 15.9 Å². The summed E-state index contributed by atoms with van der Waals surface area (Å²) >= 11 is 3.18. The van der Waals surface area contributed by atoms with Crippen molar-refractivity contribution in [2.24, 2.45) is 5.92 Å². The summed E-state index contributed by atoms with van der Waals surface area (Å²) in [6.07, 6.45) is 6.69. The molecule has 2 atom stereocenters. The van der Waals surface area contributed by atoms with Crippen LogP contribution in [0, 0.1) is 17.6 Å². The maximum absolute atomic E-state index is 14.3. The molecule has 1 N–H and O–H groups in total. The van der Waals surface area contributed by atoms with Gasteiger partial charge in [0.2, 0.25) is 0 Å². The van der Waals surface area contributed by atoms with Crippen molar-refractivity contribution < 1.29 is 8.78 Å². The fourth-order valence-corrected chi connectivity index (χ4v) is 3.67. The van der Waals surface area contributed by atoms with Crippen molar-refractivity contribution in [1.82, 2.24) is 5.32 Å². The molecule has 3 rings (SSSR count). The highest BCUT2D eigenvalue weighted by molar-refractivity contribution is 9.10. The molecule has 0 amide bonds. The molecule has 0 aromatic heterocycles. The second-order valence-corrected chi connectivity index (χ2v) is 6.94. The van der Waals surface area contributed by atoms with Gasteiger partial charge in [-0.25, -0.2) is 8.78 Å². The number of nitrogens with one attached hydrogen (secondary N) is 1. The van der Waals surface area contributed by atoms with E-state index >= 15 is 0 Å². The Morgan fingerprint density at radius 3 is 2.60 bits per heavy atom. The maximum Gasteiger partial charge on any atom is 0.143 e. The first-order chi connectivity index (χ1) is 9.66. The Morgan fingerprint density at radius 2 is 1.85 bits per heavy atom. The van der Waals surface area contributed by atoms with Crippen molar-refractivity contribution >= 4 is 15.9 Å². The third-order valence-electron chi connectivity index (χ3n) is 4.61. The number of halogens is 3. The van der Waals surface area contributed by atoms with Gasteiger partial charge in [-0.15, -0.1) is 0 Å². The SMILES string of the molecule is Fc1ccc(Br)c(F)c1C1CCCCC1CNC1CC1. The van der Waals surface area contributed by atoms with E-state index in [1.165, 1.54) is 31.4 Å². The van der Waals surface area contributed by atoms with Crippen LogP contribution in [0.15, 0.2) is 16.6 Å². The van der Waals surface area contributed by atoms with Crippen LogP contribution in [0.25, 0.3) is 0 Å². The molecule has 0 spiro atoms. The average Bonchev–Trinajstić information content (AvgIpc) is 3.26. The van der Waals surface area contributed by atoms with Crippen LogP contribution in [0.4, 0.5) is 8.78 Å². The average molecular weight is 344 g/mol. The molecule has 0 radical (unpaired) electrons. The first-order valence-corrected chi connectivity index (χ1v) is 8.33. The van der Waals surface area contributed by atoms with E-state index in [1.54, 1.807) is 0 Å². The predicted octanol–water partition coefficient (Wildman–Crippen LogP) is 4.75. The molecule has 1 aromatic rings. The molecular weight excluding hydrogens is 324 g/mol. The lowest BCUT2D eigenvalue weighted by molar-refractivity contribution is 0.283.